The zero-order valence-electron chi connectivity index (χ0n) is 11.5. The second-order valence-electron chi connectivity index (χ2n) is 5.24. The zero-order valence-corrected chi connectivity index (χ0v) is 13.9. The number of benzene rings is 1. The topological polar surface area (TPSA) is 78.5 Å². The maximum atomic E-state index is 11.9. The molecule has 21 heavy (non-hydrogen) atoms. The first-order valence-electron chi connectivity index (χ1n) is 6.68. The van der Waals surface area contributed by atoms with Crippen LogP contribution in [0.4, 0.5) is 11.4 Å². The predicted molar refractivity (Wildman–Crippen MR) is 85.4 cm³/mol. The van der Waals surface area contributed by atoms with Crippen molar-refractivity contribution in [3.05, 3.63) is 22.2 Å². The minimum atomic E-state index is -2.91. The van der Waals surface area contributed by atoms with Gasteiger partial charge in [-0.15, -0.1) is 0 Å². The van der Waals surface area contributed by atoms with E-state index in [0.29, 0.717) is 13.1 Å². The standard InChI is InChI=1S/C13H16BrN3O3S/c1-15-12-8-6-9(14)11(7-10(8)16-13(12)18)17-2-4-21(19,20)5-3-17/h6-7,12,15H,2-5H2,1H3,(H,16,18). The SMILES string of the molecule is CNC1C(=O)Nc2cc(N3CCS(=O)(=O)CC3)c(Br)cc21. The van der Waals surface area contributed by atoms with Crippen LogP contribution in [0, 0.1) is 0 Å². The summed E-state index contributed by atoms with van der Waals surface area (Å²) in [6.45, 7) is 0.951. The van der Waals surface area contributed by atoms with Gasteiger partial charge in [-0.3, -0.25) is 4.79 Å². The number of halogens is 1. The van der Waals surface area contributed by atoms with Crippen molar-refractivity contribution in [3.8, 4) is 0 Å². The summed E-state index contributed by atoms with van der Waals surface area (Å²) in [4.78, 5) is 13.9. The fourth-order valence-electron chi connectivity index (χ4n) is 2.75. The molecular formula is C13H16BrN3O3S. The highest BCUT2D eigenvalue weighted by Gasteiger charge is 2.31. The van der Waals surface area contributed by atoms with Crippen LogP contribution < -0.4 is 15.5 Å². The van der Waals surface area contributed by atoms with Crippen LogP contribution in [-0.4, -0.2) is 46.0 Å². The van der Waals surface area contributed by atoms with Gasteiger partial charge >= 0.3 is 0 Å². The molecule has 2 N–H and O–H groups in total. The largest absolute Gasteiger partial charge is 0.369 e. The number of fused-ring (bicyclic) bond motifs is 1. The van der Waals surface area contributed by atoms with Crippen molar-refractivity contribution < 1.29 is 13.2 Å². The lowest BCUT2D eigenvalue weighted by molar-refractivity contribution is -0.117. The Morgan fingerprint density at radius 1 is 1.33 bits per heavy atom. The number of amides is 1. The highest BCUT2D eigenvalue weighted by atomic mass is 79.9. The van der Waals surface area contributed by atoms with E-state index in [4.69, 9.17) is 0 Å². The molecular weight excluding hydrogens is 358 g/mol. The Morgan fingerprint density at radius 2 is 2.00 bits per heavy atom. The van der Waals surface area contributed by atoms with E-state index in [-0.39, 0.29) is 23.5 Å². The number of anilines is 2. The van der Waals surface area contributed by atoms with E-state index in [1.807, 2.05) is 17.0 Å². The smallest absolute Gasteiger partial charge is 0.246 e. The van der Waals surface area contributed by atoms with Gasteiger partial charge in [-0.1, -0.05) is 0 Å². The van der Waals surface area contributed by atoms with Gasteiger partial charge in [0.2, 0.25) is 5.91 Å². The molecule has 1 fully saturated rings. The predicted octanol–water partition coefficient (Wildman–Crippen LogP) is 0.896. The maximum Gasteiger partial charge on any atom is 0.246 e. The van der Waals surface area contributed by atoms with Gasteiger partial charge in [-0.2, -0.15) is 0 Å². The number of hydrogen-bond acceptors (Lipinski definition) is 5. The van der Waals surface area contributed by atoms with Gasteiger partial charge in [0.15, 0.2) is 9.84 Å². The van der Waals surface area contributed by atoms with E-state index >= 15 is 0 Å². The lowest BCUT2D eigenvalue weighted by atomic mass is 10.1. The van der Waals surface area contributed by atoms with Crippen LogP contribution in [0.1, 0.15) is 11.6 Å². The minimum Gasteiger partial charge on any atom is -0.369 e. The van der Waals surface area contributed by atoms with Crippen molar-refractivity contribution in [3.63, 3.8) is 0 Å². The Bertz CT molecular complexity index is 691. The normalized spacial score (nSPS) is 23.8. The molecule has 1 unspecified atom stereocenters. The van der Waals surface area contributed by atoms with Crippen molar-refractivity contribution in [2.75, 3.05) is 41.9 Å². The van der Waals surface area contributed by atoms with E-state index < -0.39 is 9.84 Å². The summed E-state index contributed by atoms with van der Waals surface area (Å²) in [5.41, 5.74) is 2.61. The van der Waals surface area contributed by atoms with Gasteiger partial charge in [0.1, 0.15) is 6.04 Å². The molecule has 2 heterocycles. The zero-order chi connectivity index (χ0) is 15.2. The van der Waals surface area contributed by atoms with E-state index in [2.05, 4.69) is 26.6 Å². The molecule has 1 amide bonds. The molecule has 1 saturated heterocycles. The highest BCUT2D eigenvalue weighted by Crippen LogP contribution is 2.39. The van der Waals surface area contributed by atoms with Gasteiger partial charge < -0.3 is 15.5 Å². The van der Waals surface area contributed by atoms with Gasteiger partial charge in [0, 0.05) is 28.8 Å². The van der Waals surface area contributed by atoms with Crippen LogP contribution in [0.2, 0.25) is 0 Å². The summed E-state index contributed by atoms with van der Waals surface area (Å²) >= 11 is 3.53. The summed E-state index contributed by atoms with van der Waals surface area (Å²) in [6.07, 6.45) is 0. The number of carbonyl (C=O) groups excluding carboxylic acids is 1. The molecule has 0 bridgehead atoms. The van der Waals surface area contributed by atoms with E-state index in [9.17, 15) is 13.2 Å². The van der Waals surface area contributed by atoms with Gasteiger partial charge in [0.25, 0.3) is 0 Å². The van der Waals surface area contributed by atoms with Crippen molar-refractivity contribution in [2.45, 2.75) is 6.04 Å². The van der Waals surface area contributed by atoms with Gasteiger partial charge in [0.05, 0.1) is 17.2 Å². The van der Waals surface area contributed by atoms with Crippen molar-refractivity contribution in [1.82, 2.24) is 5.32 Å². The third-order valence-electron chi connectivity index (χ3n) is 3.92. The molecule has 2 aliphatic heterocycles. The second-order valence-corrected chi connectivity index (χ2v) is 8.40. The number of nitrogens with zero attached hydrogens (tertiary/aromatic N) is 1. The molecule has 0 spiro atoms. The summed E-state index contributed by atoms with van der Waals surface area (Å²) < 4.78 is 23.9. The molecule has 2 aliphatic rings. The quantitative estimate of drug-likeness (QED) is 0.804. The summed E-state index contributed by atoms with van der Waals surface area (Å²) in [5.74, 6) is 0.266. The molecule has 0 radical (unpaired) electrons. The molecule has 3 rings (SSSR count). The van der Waals surface area contributed by atoms with Crippen molar-refractivity contribution >= 4 is 43.0 Å². The maximum absolute atomic E-state index is 11.9. The van der Waals surface area contributed by atoms with Crippen LogP contribution in [0.25, 0.3) is 0 Å². The summed E-state index contributed by atoms with van der Waals surface area (Å²) in [6, 6.07) is 3.49. The van der Waals surface area contributed by atoms with Gasteiger partial charge in [-0.05, 0) is 35.1 Å². The summed E-state index contributed by atoms with van der Waals surface area (Å²) in [5, 5.41) is 5.84. The molecule has 1 atom stereocenters. The van der Waals surface area contributed by atoms with Crippen molar-refractivity contribution in [1.29, 1.82) is 0 Å². The average Bonchev–Trinajstić information content (AvgIpc) is 2.72. The summed E-state index contributed by atoms with van der Waals surface area (Å²) in [7, 11) is -1.16. The monoisotopic (exact) mass is 373 g/mol. The van der Waals surface area contributed by atoms with E-state index in [1.54, 1.807) is 7.05 Å². The Hall–Kier alpha value is -1.12. The third kappa shape index (κ3) is 2.67. The third-order valence-corrected chi connectivity index (χ3v) is 6.17. The first kappa shape index (κ1) is 14.8. The Morgan fingerprint density at radius 3 is 2.62 bits per heavy atom. The molecule has 0 aliphatic carbocycles. The lowest BCUT2D eigenvalue weighted by Gasteiger charge is -2.30. The number of nitrogens with one attached hydrogen (secondary N) is 2. The molecule has 0 aromatic heterocycles. The number of hydrogen-bond donors (Lipinski definition) is 2. The molecule has 0 saturated carbocycles. The molecule has 1 aromatic carbocycles. The molecule has 6 nitrogen and oxygen atoms in total. The first-order chi connectivity index (χ1) is 9.91. The van der Waals surface area contributed by atoms with Crippen molar-refractivity contribution in [2.24, 2.45) is 0 Å². The van der Waals surface area contributed by atoms with Crippen LogP contribution in [0.3, 0.4) is 0 Å². The van der Waals surface area contributed by atoms with Gasteiger partial charge in [-0.25, -0.2) is 8.42 Å². The van der Waals surface area contributed by atoms with E-state index in [0.717, 1.165) is 21.4 Å². The van der Waals surface area contributed by atoms with Crippen LogP contribution in [0.15, 0.2) is 16.6 Å². The average molecular weight is 374 g/mol. The van der Waals surface area contributed by atoms with Crippen LogP contribution in [-0.2, 0) is 14.6 Å². The number of likely N-dealkylation sites (N-methyl/N-ethyl adjacent to an activating group) is 1. The molecule has 114 valence electrons. The first-order valence-corrected chi connectivity index (χ1v) is 9.29. The fourth-order valence-corrected chi connectivity index (χ4v) is 4.57. The number of rotatable bonds is 2. The van der Waals surface area contributed by atoms with Crippen LogP contribution in [0.5, 0.6) is 0 Å². The molecule has 8 heteroatoms. The Balaban J connectivity index is 1.92. The molecule has 1 aromatic rings. The number of carbonyl (C=O) groups is 1. The Labute approximate surface area is 131 Å². The number of sulfone groups is 1. The fraction of sp³-hybridized carbons (Fsp3) is 0.462. The van der Waals surface area contributed by atoms with Crippen LogP contribution >= 0.6 is 15.9 Å². The minimum absolute atomic E-state index is 0.0715. The highest BCUT2D eigenvalue weighted by molar-refractivity contribution is 9.10. The lowest BCUT2D eigenvalue weighted by Crippen LogP contribution is -2.40. The second kappa shape index (κ2) is 5.26. The Kier molecular flexibility index (Phi) is 3.71. The van der Waals surface area contributed by atoms with E-state index in [1.165, 1.54) is 0 Å².